The smallest absolute Gasteiger partial charge is 0.272 e. The van der Waals surface area contributed by atoms with Gasteiger partial charge in [0, 0.05) is 11.3 Å². The van der Waals surface area contributed by atoms with Crippen molar-refractivity contribution in [2.24, 2.45) is 0 Å². The molecule has 0 aliphatic heterocycles. The number of halogens is 1. The van der Waals surface area contributed by atoms with Crippen LogP contribution in [0.4, 0.5) is 4.39 Å². The van der Waals surface area contributed by atoms with Crippen molar-refractivity contribution in [3.05, 3.63) is 58.0 Å². The molecule has 0 fully saturated rings. The standard InChI is InChI=1S/C15H15FN2O2S/c16-13-8-2-1-7-12(13)15(20)18-17-14(19)9-3-5-11-6-4-10-21-11/h1-2,4,6-8,10H,3,5,9H2,(H,17,19)(H,18,20). The van der Waals surface area contributed by atoms with Crippen LogP contribution >= 0.6 is 11.3 Å². The van der Waals surface area contributed by atoms with Crippen LogP contribution in [0.3, 0.4) is 0 Å². The topological polar surface area (TPSA) is 58.2 Å². The number of aryl methyl sites for hydroxylation is 1. The summed E-state index contributed by atoms with van der Waals surface area (Å²) in [5.41, 5.74) is 4.39. The van der Waals surface area contributed by atoms with Crippen LogP contribution in [0.2, 0.25) is 0 Å². The lowest BCUT2D eigenvalue weighted by Gasteiger charge is -2.07. The Hall–Kier alpha value is -2.21. The molecule has 0 spiro atoms. The largest absolute Gasteiger partial charge is 0.273 e. The van der Waals surface area contributed by atoms with E-state index in [1.807, 2.05) is 17.5 Å². The molecule has 0 aliphatic rings. The van der Waals surface area contributed by atoms with Crippen molar-refractivity contribution in [3.63, 3.8) is 0 Å². The Bertz CT molecular complexity index is 614. The maximum absolute atomic E-state index is 13.4. The SMILES string of the molecule is O=C(CCCc1cccs1)NNC(=O)c1ccccc1F. The van der Waals surface area contributed by atoms with E-state index < -0.39 is 11.7 Å². The minimum Gasteiger partial charge on any atom is -0.273 e. The fourth-order valence-corrected chi connectivity index (χ4v) is 2.53. The van der Waals surface area contributed by atoms with Gasteiger partial charge in [0.2, 0.25) is 5.91 Å². The van der Waals surface area contributed by atoms with Crippen molar-refractivity contribution in [3.8, 4) is 0 Å². The molecule has 2 amide bonds. The van der Waals surface area contributed by atoms with Gasteiger partial charge in [-0.3, -0.25) is 20.4 Å². The monoisotopic (exact) mass is 306 g/mol. The number of hydrogen-bond acceptors (Lipinski definition) is 3. The van der Waals surface area contributed by atoms with Gasteiger partial charge in [-0.15, -0.1) is 11.3 Å². The van der Waals surface area contributed by atoms with Crippen LogP contribution in [0.25, 0.3) is 0 Å². The maximum atomic E-state index is 13.4. The van der Waals surface area contributed by atoms with E-state index in [0.717, 1.165) is 6.42 Å². The summed E-state index contributed by atoms with van der Waals surface area (Å²) >= 11 is 1.65. The third kappa shape index (κ3) is 4.68. The normalized spacial score (nSPS) is 10.1. The highest BCUT2D eigenvalue weighted by Gasteiger charge is 2.11. The summed E-state index contributed by atoms with van der Waals surface area (Å²) in [7, 11) is 0. The minimum absolute atomic E-state index is 0.101. The van der Waals surface area contributed by atoms with Crippen molar-refractivity contribution in [2.45, 2.75) is 19.3 Å². The van der Waals surface area contributed by atoms with Crippen molar-refractivity contribution in [1.82, 2.24) is 10.9 Å². The second-order valence-electron chi connectivity index (χ2n) is 4.42. The Morgan fingerprint density at radius 2 is 1.90 bits per heavy atom. The second kappa shape index (κ2) is 7.54. The molecule has 2 N–H and O–H groups in total. The number of carbonyl (C=O) groups excluding carboxylic acids is 2. The summed E-state index contributed by atoms with van der Waals surface area (Å²) in [6.07, 6.45) is 1.82. The van der Waals surface area contributed by atoms with Gasteiger partial charge >= 0.3 is 0 Å². The van der Waals surface area contributed by atoms with Gasteiger partial charge in [0.1, 0.15) is 5.82 Å². The zero-order valence-electron chi connectivity index (χ0n) is 11.3. The molecule has 0 saturated carbocycles. The molecule has 110 valence electrons. The van der Waals surface area contributed by atoms with Crippen molar-refractivity contribution in [1.29, 1.82) is 0 Å². The van der Waals surface area contributed by atoms with Gasteiger partial charge < -0.3 is 0 Å². The molecule has 0 bridgehead atoms. The molecule has 4 nitrogen and oxygen atoms in total. The number of hydrazine groups is 1. The van der Waals surface area contributed by atoms with E-state index in [1.54, 1.807) is 17.4 Å². The molecule has 2 rings (SSSR count). The van der Waals surface area contributed by atoms with Crippen LogP contribution < -0.4 is 10.9 Å². The molecule has 21 heavy (non-hydrogen) atoms. The Labute approximate surface area is 126 Å². The second-order valence-corrected chi connectivity index (χ2v) is 5.45. The fourth-order valence-electron chi connectivity index (χ4n) is 1.78. The molecule has 1 aromatic carbocycles. The highest BCUT2D eigenvalue weighted by molar-refractivity contribution is 7.09. The van der Waals surface area contributed by atoms with E-state index >= 15 is 0 Å². The van der Waals surface area contributed by atoms with Gasteiger partial charge in [-0.1, -0.05) is 18.2 Å². The first-order valence-corrected chi connectivity index (χ1v) is 7.41. The quantitative estimate of drug-likeness (QED) is 0.834. The van der Waals surface area contributed by atoms with Gasteiger partial charge in [-0.2, -0.15) is 0 Å². The average Bonchev–Trinajstić information content (AvgIpc) is 2.98. The summed E-state index contributed by atoms with van der Waals surface area (Å²) in [5.74, 6) is -1.59. The van der Waals surface area contributed by atoms with Crippen molar-refractivity contribution in [2.75, 3.05) is 0 Å². The number of benzene rings is 1. The first kappa shape index (κ1) is 15.2. The zero-order chi connectivity index (χ0) is 15.1. The van der Waals surface area contributed by atoms with E-state index in [2.05, 4.69) is 10.9 Å². The fraction of sp³-hybridized carbons (Fsp3) is 0.200. The first-order chi connectivity index (χ1) is 10.2. The maximum Gasteiger partial charge on any atom is 0.272 e. The molecular formula is C15H15FN2O2S. The summed E-state index contributed by atoms with van der Waals surface area (Å²) in [4.78, 5) is 24.5. The zero-order valence-corrected chi connectivity index (χ0v) is 12.1. The van der Waals surface area contributed by atoms with Crippen LogP contribution in [0.1, 0.15) is 28.1 Å². The molecule has 2 aromatic rings. The molecule has 0 aliphatic carbocycles. The predicted octanol–water partition coefficient (Wildman–Crippen LogP) is 2.67. The van der Waals surface area contributed by atoms with Crippen LogP contribution in [0, 0.1) is 5.82 Å². The van der Waals surface area contributed by atoms with Crippen molar-refractivity contribution < 1.29 is 14.0 Å². The number of nitrogens with one attached hydrogen (secondary N) is 2. The van der Waals surface area contributed by atoms with Crippen LogP contribution in [0.5, 0.6) is 0 Å². The minimum atomic E-state index is -0.667. The highest BCUT2D eigenvalue weighted by Crippen LogP contribution is 2.11. The average molecular weight is 306 g/mol. The lowest BCUT2D eigenvalue weighted by Crippen LogP contribution is -2.41. The summed E-state index contributed by atoms with van der Waals surface area (Å²) in [5, 5.41) is 1.99. The van der Waals surface area contributed by atoms with Gasteiger partial charge in [0.05, 0.1) is 5.56 Å². The molecular weight excluding hydrogens is 291 g/mol. The van der Waals surface area contributed by atoms with Crippen molar-refractivity contribution >= 4 is 23.2 Å². The summed E-state index contributed by atoms with van der Waals surface area (Å²) < 4.78 is 13.4. The lowest BCUT2D eigenvalue weighted by molar-refractivity contribution is -0.121. The van der Waals surface area contributed by atoms with E-state index in [-0.39, 0.29) is 11.5 Å². The first-order valence-electron chi connectivity index (χ1n) is 6.53. The van der Waals surface area contributed by atoms with Gasteiger partial charge in [0.25, 0.3) is 5.91 Å². The summed E-state index contributed by atoms with van der Waals surface area (Å²) in [6, 6.07) is 9.58. The molecule has 1 heterocycles. The van der Waals surface area contributed by atoms with Gasteiger partial charge in [-0.25, -0.2) is 4.39 Å². The molecule has 0 radical (unpaired) electrons. The number of rotatable bonds is 5. The van der Waals surface area contributed by atoms with E-state index in [9.17, 15) is 14.0 Å². The Kier molecular flexibility index (Phi) is 5.45. The Morgan fingerprint density at radius 1 is 1.10 bits per heavy atom. The van der Waals surface area contributed by atoms with Crippen LogP contribution in [0.15, 0.2) is 41.8 Å². The molecule has 0 atom stereocenters. The number of hydrogen-bond donors (Lipinski definition) is 2. The van der Waals surface area contributed by atoms with Crippen LogP contribution in [-0.2, 0) is 11.2 Å². The number of amides is 2. The molecule has 0 unspecified atom stereocenters. The van der Waals surface area contributed by atoms with E-state index in [0.29, 0.717) is 12.8 Å². The number of carbonyl (C=O) groups is 2. The van der Waals surface area contributed by atoms with Gasteiger partial charge in [0.15, 0.2) is 0 Å². The third-order valence-corrected chi connectivity index (χ3v) is 3.78. The predicted molar refractivity (Wildman–Crippen MR) is 79.3 cm³/mol. The molecule has 6 heteroatoms. The molecule has 0 saturated heterocycles. The number of thiophene rings is 1. The Balaban J connectivity index is 1.71. The van der Waals surface area contributed by atoms with E-state index in [1.165, 1.54) is 23.1 Å². The summed E-state index contributed by atoms with van der Waals surface area (Å²) in [6.45, 7) is 0. The highest BCUT2D eigenvalue weighted by atomic mass is 32.1. The lowest BCUT2D eigenvalue weighted by atomic mass is 10.2. The van der Waals surface area contributed by atoms with Gasteiger partial charge in [-0.05, 0) is 36.4 Å². The Morgan fingerprint density at radius 3 is 2.62 bits per heavy atom. The third-order valence-electron chi connectivity index (χ3n) is 2.84. The van der Waals surface area contributed by atoms with E-state index in [4.69, 9.17) is 0 Å². The molecule has 1 aromatic heterocycles. The van der Waals surface area contributed by atoms with Crippen LogP contribution in [-0.4, -0.2) is 11.8 Å².